The summed E-state index contributed by atoms with van der Waals surface area (Å²) in [5.41, 5.74) is 1.97. The highest BCUT2D eigenvalue weighted by Crippen LogP contribution is 2.36. The molecule has 2 heterocycles. The maximum Gasteiger partial charge on any atom is 0.328 e. The minimum Gasteiger partial charge on any atom is -0.494 e. The molecule has 0 aliphatic rings. The average molecular weight is 530 g/mol. The number of nitriles is 1. The molecule has 0 aliphatic carbocycles. The van der Waals surface area contributed by atoms with Crippen molar-refractivity contribution in [1.82, 2.24) is 19.2 Å². The summed E-state index contributed by atoms with van der Waals surface area (Å²) in [5, 5.41) is 35.7. The number of likely N-dealkylation sites (N-methyl/N-ethyl adjacent to an activating group) is 2. The Hall–Kier alpha value is -4.25. The van der Waals surface area contributed by atoms with Gasteiger partial charge < -0.3 is 25.2 Å². The summed E-state index contributed by atoms with van der Waals surface area (Å²) in [6.07, 6.45) is 2.42. The van der Waals surface area contributed by atoms with E-state index in [1.165, 1.54) is 16.6 Å². The lowest BCUT2D eigenvalue weighted by atomic mass is 10.1. The standard InChI is InChI=1S/C20H23N5O3S.C4H4O4/c1-4-25(10-9-24(2)3)29(27,28)15-6-8-18(22-13-15)19-16-11-14(12-21)5-7-17(16)23-20(19)26;5-3(6)1-2-4(7)8/h5-8,11,13,23,26H,4,9-10H2,1-3H3;1-2H,(H,5,6)(H,7,8). The van der Waals surface area contributed by atoms with Crippen LogP contribution in [0.3, 0.4) is 0 Å². The number of pyridine rings is 1. The van der Waals surface area contributed by atoms with Crippen LogP contribution in [0.25, 0.3) is 22.2 Å². The van der Waals surface area contributed by atoms with Crippen molar-refractivity contribution >= 4 is 32.9 Å². The molecular formula is C24H27N5O7S. The number of fused-ring (bicyclic) bond motifs is 1. The topological polar surface area (TPSA) is 188 Å². The van der Waals surface area contributed by atoms with Gasteiger partial charge >= 0.3 is 11.9 Å². The predicted molar refractivity (Wildman–Crippen MR) is 135 cm³/mol. The minimum atomic E-state index is -3.66. The molecule has 3 rings (SSSR count). The molecule has 1 aromatic carbocycles. The Bertz CT molecular complexity index is 1420. The molecule has 0 unspecified atom stereocenters. The van der Waals surface area contributed by atoms with Crippen molar-refractivity contribution in [3.63, 3.8) is 0 Å². The molecule has 0 amide bonds. The van der Waals surface area contributed by atoms with E-state index in [2.05, 4.69) is 16.0 Å². The van der Waals surface area contributed by atoms with Gasteiger partial charge in [-0.2, -0.15) is 9.57 Å². The maximum atomic E-state index is 12.9. The van der Waals surface area contributed by atoms with Crippen LogP contribution in [0.5, 0.6) is 5.88 Å². The van der Waals surface area contributed by atoms with E-state index in [-0.39, 0.29) is 10.8 Å². The number of carboxylic acid groups (broad SMARTS) is 2. The van der Waals surface area contributed by atoms with Gasteiger partial charge in [-0.05, 0) is 44.4 Å². The van der Waals surface area contributed by atoms with E-state index in [4.69, 9.17) is 15.5 Å². The number of hydrogen-bond acceptors (Lipinski definition) is 8. The number of benzene rings is 1. The fourth-order valence-corrected chi connectivity index (χ4v) is 4.62. The zero-order chi connectivity index (χ0) is 27.8. The second kappa shape index (κ2) is 12.6. The number of carbonyl (C=O) groups is 2. The molecule has 0 saturated heterocycles. The van der Waals surface area contributed by atoms with Crippen molar-refractivity contribution in [3.05, 3.63) is 54.2 Å². The summed E-state index contributed by atoms with van der Waals surface area (Å²) in [7, 11) is 0.117. The fraction of sp³-hybridized carbons (Fsp3) is 0.250. The van der Waals surface area contributed by atoms with Crippen LogP contribution in [0.1, 0.15) is 12.5 Å². The monoisotopic (exact) mass is 529 g/mol. The summed E-state index contributed by atoms with van der Waals surface area (Å²) in [6.45, 7) is 3.15. The number of aromatic hydroxyl groups is 1. The lowest BCUT2D eigenvalue weighted by molar-refractivity contribution is -0.134. The molecule has 0 saturated carbocycles. The number of hydrogen-bond donors (Lipinski definition) is 4. The van der Waals surface area contributed by atoms with E-state index in [1.54, 1.807) is 31.2 Å². The number of aromatic nitrogens is 2. The molecule has 0 fully saturated rings. The van der Waals surface area contributed by atoms with Crippen molar-refractivity contribution in [2.45, 2.75) is 11.8 Å². The molecule has 12 nitrogen and oxygen atoms in total. The molecule has 37 heavy (non-hydrogen) atoms. The van der Waals surface area contributed by atoms with E-state index in [0.29, 0.717) is 59.5 Å². The van der Waals surface area contributed by atoms with Gasteiger partial charge in [0.15, 0.2) is 5.88 Å². The molecule has 4 N–H and O–H groups in total. The van der Waals surface area contributed by atoms with Crippen LogP contribution in [-0.4, -0.2) is 88.6 Å². The summed E-state index contributed by atoms with van der Waals surface area (Å²) in [4.78, 5) is 28.3. The van der Waals surface area contributed by atoms with Gasteiger partial charge in [0.1, 0.15) is 4.90 Å². The van der Waals surface area contributed by atoms with Gasteiger partial charge in [0.25, 0.3) is 0 Å². The molecular weight excluding hydrogens is 502 g/mol. The van der Waals surface area contributed by atoms with E-state index in [9.17, 15) is 23.1 Å². The molecule has 0 bridgehead atoms. The zero-order valence-corrected chi connectivity index (χ0v) is 21.2. The number of aliphatic carboxylic acids is 2. The van der Waals surface area contributed by atoms with E-state index in [0.717, 1.165) is 0 Å². The predicted octanol–water partition coefficient (Wildman–Crippen LogP) is 2.09. The van der Waals surface area contributed by atoms with Crippen molar-refractivity contribution < 1.29 is 33.3 Å². The van der Waals surface area contributed by atoms with Crippen LogP contribution in [0.4, 0.5) is 0 Å². The van der Waals surface area contributed by atoms with Crippen molar-refractivity contribution in [1.29, 1.82) is 5.26 Å². The Labute approximate surface area is 213 Å². The first kappa shape index (κ1) is 29.0. The van der Waals surface area contributed by atoms with Gasteiger partial charge in [0, 0.05) is 48.9 Å². The smallest absolute Gasteiger partial charge is 0.328 e. The third-order valence-corrected chi connectivity index (χ3v) is 7.01. The number of aromatic amines is 1. The third kappa shape index (κ3) is 7.61. The van der Waals surface area contributed by atoms with E-state index in [1.807, 2.05) is 19.0 Å². The normalized spacial score (nSPS) is 11.5. The highest BCUT2D eigenvalue weighted by Gasteiger charge is 2.24. The van der Waals surface area contributed by atoms with Gasteiger partial charge in [-0.3, -0.25) is 4.98 Å². The van der Waals surface area contributed by atoms with Crippen molar-refractivity contribution in [3.8, 4) is 23.2 Å². The SMILES string of the molecule is CCN(CCN(C)C)S(=O)(=O)c1ccc(-c2c(O)[nH]c3ccc(C#N)cc23)nc1.O=C(O)C=CC(=O)O. The van der Waals surface area contributed by atoms with Gasteiger partial charge in [-0.1, -0.05) is 6.92 Å². The average Bonchev–Trinajstić information content (AvgIpc) is 3.18. The molecule has 0 atom stereocenters. The second-order valence-electron chi connectivity index (χ2n) is 7.91. The number of sulfonamides is 1. The Morgan fingerprint density at radius 1 is 1.11 bits per heavy atom. The van der Waals surface area contributed by atoms with Gasteiger partial charge in [0.05, 0.1) is 22.9 Å². The van der Waals surface area contributed by atoms with Gasteiger partial charge in [-0.15, -0.1) is 0 Å². The molecule has 0 aliphatic heterocycles. The Morgan fingerprint density at radius 2 is 1.76 bits per heavy atom. The highest BCUT2D eigenvalue weighted by molar-refractivity contribution is 7.89. The summed E-state index contributed by atoms with van der Waals surface area (Å²) >= 11 is 0. The number of H-pyrrole nitrogens is 1. The van der Waals surface area contributed by atoms with Gasteiger partial charge in [0.2, 0.25) is 10.0 Å². The van der Waals surface area contributed by atoms with Crippen molar-refractivity contribution in [2.24, 2.45) is 0 Å². The zero-order valence-electron chi connectivity index (χ0n) is 20.4. The second-order valence-corrected chi connectivity index (χ2v) is 9.85. The van der Waals surface area contributed by atoms with Crippen LogP contribution in [0, 0.1) is 11.3 Å². The molecule has 0 radical (unpaired) electrons. The lowest BCUT2D eigenvalue weighted by Crippen LogP contribution is -2.36. The third-order valence-electron chi connectivity index (χ3n) is 5.06. The Kier molecular flexibility index (Phi) is 9.90. The summed E-state index contributed by atoms with van der Waals surface area (Å²) in [6, 6.07) is 10.1. The largest absolute Gasteiger partial charge is 0.494 e. The summed E-state index contributed by atoms with van der Waals surface area (Å²) < 4.78 is 27.2. The number of carboxylic acids is 2. The van der Waals surface area contributed by atoms with Crippen LogP contribution in [0.2, 0.25) is 0 Å². The van der Waals surface area contributed by atoms with Gasteiger partial charge in [-0.25, -0.2) is 18.0 Å². The highest BCUT2D eigenvalue weighted by atomic mass is 32.2. The molecule has 0 spiro atoms. The fourth-order valence-electron chi connectivity index (χ4n) is 3.24. The first-order valence-electron chi connectivity index (χ1n) is 10.9. The molecule has 196 valence electrons. The Morgan fingerprint density at radius 3 is 2.24 bits per heavy atom. The molecule has 3 aromatic rings. The summed E-state index contributed by atoms with van der Waals surface area (Å²) in [5.74, 6) is -2.60. The lowest BCUT2D eigenvalue weighted by Gasteiger charge is -2.22. The quantitative estimate of drug-likeness (QED) is 0.299. The van der Waals surface area contributed by atoms with Crippen LogP contribution in [-0.2, 0) is 19.6 Å². The van der Waals surface area contributed by atoms with E-state index >= 15 is 0 Å². The first-order valence-corrected chi connectivity index (χ1v) is 12.3. The van der Waals surface area contributed by atoms with Crippen LogP contribution in [0.15, 0.2) is 53.6 Å². The number of rotatable bonds is 9. The Balaban J connectivity index is 0.000000521. The number of nitrogens with one attached hydrogen (secondary N) is 1. The van der Waals surface area contributed by atoms with Crippen LogP contribution >= 0.6 is 0 Å². The minimum absolute atomic E-state index is 0.0839. The number of nitrogens with zero attached hydrogens (tertiary/aromatic N) is 4. The van der Waals surface area contributed by atoms with Crippen molar-refractivity contribution in [2.75, 3.05) is 33.7 Å². The molecule has 2 aromatic heterocycles. The molecule has 13 heteroatoms. The maximum absolute atomic E-state index is 12.9. The van der Waals surface area contributed by atoms with E-state index < -0.39 is 22.0 Å². The van der Waals surface area contributed by atoms with Crippen LogP contribution < -0.4 is 0 Å². The first-order chi connectivity index (χ1) is 17.4.